The van der Waals surface area contributed by atoms with Gasteiger partial charge in [0.1, 0.15) is 0 Å². The lowest BCUT2D eigenvalue weighted by atomic mass is 9.82. The number of hydrogen-bond donors (Lipinski definition) is 0. The van der Waals surface area contributed by atoms with Gasteiger partial charge in [0.25, 0.3) is 0 Å². The van der Waals surface area contributed by atoms with Crippen LogP contribution in [-0.2, 0) is 5.41 Å². The molecule has 0 saturated heterocycles. The lowest BCUT2D eigenvalue weighted by Gasteiger charge is -2.22. The average molecular weight is 414 g/mol. The molecule has 1 aliphatic carbocycles. The van der Waals surface area contributed by atoms with Gasteiger partial charge in [0.2, 0.25) is 0 Å². The summed E-state index contributed by atoms with van der Waals surface area (Å²) in [4.78, 5) is 0. The molecule has 1 heteroatoms. The van der Waals surface area contributed by atoms with Crippen molar-refractivity contribution in [3.05, 3.63) is 86.5 Å². The van der Waals surface area contributed by atoms with Crippen LogP contribution < -0.4 is 0 Å². The summed E-state index contributed by atoms with van der Waals surface area (Å²) in [6.45, 7) is 9.20. The topological polar surface area (TPSA) is 0 Å². The smallest absolute Gasteiger partial charge is 0.0133 e. The highest BCUT2D eigenvalue weighted by Crippen LogP contribution is 2.47. The van der Waals surface area contributed by atoms with E-state index < -0.39 is 0 Å². The predicted molar refractivity (Wildman–Crippen MR) is 109 cm³/mol. The largest absolute Gasteiger partial charge is 0.0767 e. The first-order valence-corrected chi connectivity index (χ1v) is 9.24. The Bertz CT molecular complexity index is 779. The summed E-state index contributed by atoms with van der Waals surface area (Å²) in [6, 6.07) is 17.5. The van der Waals surface area contributed by atoms with Crippen LogP contribution in [0.3, 0.4) is 0 Å². The first-order chi connectivity index (χ1) is 10.9. The molecule has 0 heterocycles. The first-order valence-electron chi connectivity index (χ1n) is 8.16. The maximum atomic E-state index is 2.41. The molecule has 1 unspecified atom stereocenters. The molecule has 0 nitrogen and oxygen atoms in total. The van der Waals surface area contributed by atoms with Crippen molar-refractivity contribution in [3.8, 4) is 0 Å². The molecule has 1 atom stereocenters. The zero-order valence-electron chi connectivity index (χ0n) is 14.2. The second-order valence-corrected chi connectivity index (χ2v) is 8.16. The van der Waals surface area contributed by atoms with Crippen molar-refractivity contribution in [1.82, 2.24) is 0 Å². The van der Waals surface area contributed by atoms with E-state index in [0.29, 0.717) is 5.92 Å². The van der Waals surface area contributed by atoms with Crippen LogP contribution in [0.2, 0.25) is 0 Å². The molecule has 0 fully saturated rings. The minimum atomic E-state index is 0.117. The molecule has 0 spiro atoms. The summed E-state index contributed by atoms with van der Waals surface area (Å²) in [7, 11) is 0. The Morgan fingerprint density at radius 3 is 2.43 bits per heavy atom. The van der Waals surface area contributed by atoms with Gasteiger partial charge in [0.15, 0.2) is 0 Å². The van der Waals surface area contributed by atoms with Gasteiger partial charge in [-0.2, -0.15) is 0 Å². The molecule has 3 rings (SSSR count). The Balaban J connectivity index is 1.97. The Labute approximate surface area is 153 Å². The predicted octanol–water partition coefficient (Wildman–Crippen LogP) is 6.72. The van der Waals surface area contributed by atoms with Gasteiger partial charge in [-0.3, -0.25) is 0 Å². The Kier molecular flexibility index (Phi) is 4.50. The maximum Gasteiger partial charge on any atom is 0.0133 e. The van der Waals surface area contributed by atoms with E-state index in [9.17, 15) is 0 Å². The van der Waals surface area contributed by atoms with E-state index in [1.807, 2.05) is 0 Å². The van der Waals surface area contributed by atoms with E-state index >= 15 is 0 Å². The summed E-state index contributed by atoms with van der Waals surface area (Å²) < 4.78 is 1.31. The number of halogens is 1. The summed E-state index contributed by atoms with van der Waals surface area (Å²) in [6.07, 6.45) is 4.66. The molecule has 0 aliphatic heterocycles. The Morgan fingerprint density at radius 1 is 1.04 bits per heavy atom. The summed E-state index contributed by atoms with van der Waals surface area (Å²) in [5.41, 5.74) is 7.18. The highest BCUT2D eigenvalue weighted by molar-refractivity contribution is 14.1. The fraction of sp³-hybridized carbons (Fsp3) is 0.273. The molecule has 2 aromatic rings. The normalized spacial score (nSPS) is 17.6. The van der Waals surface area contributed by atoms with E-state index in [1.165, 1.54) is 31.4 Å². The second kappa shape index (κ2) is 6.27. The highest BCUT2D eigenvalue weighted by Gasteiger charge is 2.34. The molecule has 23 heavy (non-hydrogen) atoms. The minimum Gasteiger partial charge on any atom is -0.0767 e. The van der Waals surface area contributed by atoms with Crippen LogP contribution in [0, 0.1) is 3.57 Å². The van der Waals surface area contributed by atoms with Crippen LogP contribution in [0.25, 0.3) is 5.57 Å². The lowest BCUT2D eigenvalue weighted by molar-refractivity contribution is 0.638. The van der Waals surface area contributed by atoms with E-state index in [4.69, 9.17) is 0 Å². The molecule has 0 bridgehead atoms. The summed E-state index contributed by atoms with van der Waals surface area (Å²) in [5.74, 6) is 0.424. The lowest BCUT2D eigenvalue weighted by Crippen LogP contribution is -2.15. The van der Waals surface area contributed by atoms with E-state index in [-0.39, 0.29) is 5.41 Å². The molecular weight excluding hydrogens is 391 g/mol. The van der Waals surface area contributed by atoms with Crippen LogP contribution >= 0.6 is 22.6 Å². The van der Waals surface area contributed by atoms with Gasteiger partial charge in [0.05, 0.1) is 0 Å². The fourth-order valence-corrected chi connectivity index (χ4v) is 3.82. The highest BCUT2D eigenvalue weighted by atomic mass is 127. The maximum absolute atomic E-state index is 2.41. The van der Waals surface area contributed by atoms with Gasteiger partial charge < -0.3 is 0 Å². The third-order valence-corrected chi connectivity index (χ3v) is 5.83. The summed E-state index contributed by atoms with van der Waals surface area (Å²) in [5, 5.41) is 0. The van der Waals surface area contributed by atoms with Crippen molar-refractivity contribution < 1.29 is 0 Å². The molecule has 1 aliphatic rings. The van der Waals surface area contributed by atoms with Crippen molar-refractivity contribution in [2.75, 3.05) is 0 Å². The zero-order valence-corrected chi connectivity index (χ0v) is 16.4. The van der Waals surface area contributed by atoms with Gasteiger partial charge in [-0.25, -0.2) is 0 Å². The third-order valence-electron chi connectivity index (χ3n) is 5.16. The van der Waals surface area contributed by atoms with Crippen molar-refractivity contribution in [1.29, 1.82) is 0 Å². The molecule has 0 amide bonds. The monoisotopic (exact) mass is 414 g/mol. The molecule has 0 N–H and O–H groups in total. The molecule has 0 radical (unpaired) electrons. The van der Waals surface area contributed by atoms with Crippen molar-refractivity contribution in [2.24, 2.45) is 0 Å². The number of hydrogen-bond acceptors (Lipinski definition) is 0. The van der Waals surface area contributed by atoms with Crippen LogP contribution in [0.4, 0.5) is 0 Å². The fourth-order valence-electron chi connectivity index (χ4n) is 3.33. The minimum absolute atomic E-state index is 0.117. The molecular formula is C22H23I. The number of allylic oxidation sites excluding steroid dienone is 4. The van der Waals surface area contributed by atoms with Crippen molar-refractivity contribution >= 4 is 28.2 Å². The first kappa shape index (κ1) is 16.5. The van der Waals surface area contributed by atoms with Gasteiger partial charge >= 0.3 is 0 Å². The SMILES string of the molecule is CC1=C(/C=C\C(C)c2ccccc2)c2ccc(I)cc2C1(C)C. The Morgan fingerprint density at radius 2 is 1.74 bits per heavy atom. The zero-order chi connectivity index (χ0) is 16.6. The van der Waals surface area contributed by atoms with Crippen molar-refractivity contribution in [2.45, 2.75) is 39.0 Å². The number of rotatable bonds is 3. The quantitative estimate of drug-likeness (QED) is 0.490. The van der Waals surface area contributed by atoms with E-state index in [1.54, 1.807) is 0 Å². The average Bonchev–Trinajstić information content (AvgIpc) is 2.73. The van der Waals surface area contributed by atoms with Gasteiger partial charge in [-0.15, -0.1) is 0 Å². The number of benzene rings is 2. The van der Waals surface area contributed by atoms with Crippen LogP contribution in [0.5, 0.6) is 0 Å². The second-order valence-electron chi connectivity index (χ2n) is 6.91. The number of fused-ring (bicyclic) bond motifs is 1. The van der Waals surface area contributed by atoms with Crippen LogP contribution in [0.15, 0.2) is 66.3 Å². The van der Waals surface area contributed by atoms with Crippen molar-refractivity contribution in [3.63, 3.8) is 0 Å². The summed E-state index contributed by atoms with van der Waals surface area (Å²) >= 11 is 2.41. The molecule has 2 aromatic carbocycles. The molecule has 0 aromatic heterocycles. The standard InChI is InChI=1S/C22H23I/c1-15(17-8-6-5-7-9-17)10-12-19-16(2)22(3,4)21-14-18(23)11-13-20(19)21/h5-15H,1-4H3/b12-10-. The third kappa shape index (κ3) is 3.03. The Hall–Kier alpha value is -1.35. The van der Waals surface area contributed by atoms with E-state index in [2.05, 4.69) is 111 Å². The van der Waals surface area contributed by atoms with Gasteiger partial charge in [0, 0.05) is 8.99 Å². The van der Waals surface area contributed by atoms with Gasteiger partial charge in [-0.1, -0.05) is 74.9 Å². The van der Waals surface area contributed by atoms with E-state index in [0.717, 1.165) is 0 Å². The van der Waals surface area contributed by atoms with Crippen LogP contribution in [-0.4, -0.2) is 0 Å². The van der Waals surface area contributed by atoms with Crippen LogP contribution in [0.1, 0.15) is 50.3 Å². The molecule has 118 valence electrons. The molecule has 0 saturated carbocycles. The van der Waals surface area contributed by atoms with Gasteiger partial charge in [-0.05, 0) is 69.8 Å².